The van der Waals surface area contributed by atoms with Gasteiger partial charge in [0.25, 0.3) is 0 Å². The zero-order valence-corrected chi connectivity index (χ0v) is 69.2. The Morgan fingerprint density at radius 2 is 0.485 bits per heavy atom. The Morgan fingerprint density at radius 1 is 0.192 bits per heavy atom. The van der Waals surface area contributed by atoms with Crippen molar-refractivity contribution < 1.29 is 0 Å². The summed E-state index contributed by atoms with van der Waals surface area (Å²) in [5, 5.41) is 41.4. The Bertz CT molecular complexity index is 9270. The number of nitrogens with zero attached hydrogens (tertiary/aromatic N) is 14. The highest BCUT2D eigenvalue weighted by atomic mass is 15.0. The van der Waals surface area contributed by atoms with Crippen LogP contribution in [0.5, 0.6) is 0 Å². The SMILES string of the molecule is [C-]#[N+]c1ccc2c(c1)c1c(-c3cccc(-n4c5ccccc5c5cc(C#N)ccc54)c3)cccc1n2-c1ccccc1[N+]#[C-].[C-]#[N+]c1ccc2c(c1)c1c(-c3cccc(-n4c5ccccc5c5ccccc54)c3)cccc1n2-c1ccc(C#N)cc1.[C-]#[N+]c1cccc(-n2c3ccc([N+]#[C-])cc3c3c(-c4cccc(-n5c6ccccc6c6cc(C#N)ccc65)c4)cccc32)c1. The highest BCUT2D eigenvalue weighted by molar-refractivity contribution is 6.21. The first-order valence-corrected chi connectivity index (χ1v) is 42.1. The summed E-state index contributed by atoms with van der Waals surface area (Å²) in [4.78, 5) is 18.7. The number of benzene rings is 18. The lowest BCUT2D eigenvalue weighted by atomic mass is 9.98. The summed E-state index contributed by atoms with van der Waals surface area (Å²) >= 11 is 0. The molecule has 0 amide bonds. The molecule has 130 heavy (non-hydrogen) atoms. The normalized spacial score (nSPS) is 11.2. The van der Waals surface area contributed by atoms with Gasteiger partial charge in [0.1, 0.15) is 0 Å². The van der Waals surface area contributed by atoms with Crippen molar-refractivity contribution in [1.82, 2.24) is 27.4 Å². The number of hydrogen-bond acceptors (Lipinski definition) is 3. The molecule has 0 radical (unpaired) electrons. The molecule has 0 atom stereocenters. The summed E-state index contributed by atoms with van der Waals surface area (Å²) in [6, 6.07) is 137. The van der Waals surface area contributed by atoms with Gasteiger partial charge in [0.15, 0.2) is 22.7 Å². The zero-order chi connectivity index (χ0) is 87.8. The number of fused-ring (bicyclic) bond motifs is 18. The third-order valence-electron chi connectivity index (χ3n) is 24.9. The van der Waals surface area contributed by atoms with Crippen LogP contribution in [-0.2, 0) is 0 Å². The van der Waals surface area contributed by atoms with Crippen LogP contribution in [0.25, 0.3) is 223 Å². The molecule has 0 N–H and O–H groups in total. The van der Waals surface area contributed by atoms with E-state index in [9.17, 15) is 15.8 Å². The Morgan fingerprint density at radius 3 is 0.885 bits per heavy atom. The van der Waals surface area contributed by atoms with Gasteiger partial charge in [0.2, 0.25) is 5.69 Å². The van der Waals surface area contributed by atoms with E-state index >= 15 is 0 Å². The number of aromatic nitrogens is 6. The van der Waals surface area contributed by atoms with Crippen molar-refractivity contribution in [2.24, 2.45) is 0 Å². The van der Waals surface area contributed by atoms with E-state index in [4.69, 9.17) is 32.9 Å². The minimum absolute atomic E-state index is 0.568. The molecule has 24 aromatic rings. The zero-order valence-electron chi connectivity index (χ0n) is 69.2. The molecule has 24 rings (SSSR count). The second-order valence-electron chi connectivity index (χ2n) is 31.8. The van der Waals surface area contributed by atoms with Crippen molar-refractivity contribution in [2.45, 2.75) is 0 Å². The van der Waals surface area contributed by atoms with Crippen LogP contribution in [0.1, 0.15) is 16.7 Å². The standard InChI is InChI=1S/2C39H21N5.C38H22N4/c1-41-27-18-20-36-32(23-27)39-29(12-8-16-38(39)44(36)37-15-6-4-13-33(37)42-2)26-9-7-10-28(22-26)43-34-14-5-3-11-30(34)31-21-25(24-40)17-19-35(31)43;1-41-27-9-6-11-30(22-27)44-37-19-17-28(42-2)23-34(37)39-31(13-7-15-38(39)44)26-8-5-10-29(21-26)43-35-14-4-3-12-32(35)33-20-25(24-40)16-18-36(33)43;1-40-27-18-21-36-33(23-27)38-30(12-7-15-37(38)41(36)28-19-16-25(24-39)17-20-28)26-8-6-9-29(22-26)42-34-13-4-2-10-31(34)32-11-3-5-14-35(32)42/h2*3-23H;2-23H. The van der Waals surface area contributed by atoms with Crippen LogP contribution in [0.15, 0.2) is 388 Å². The van der Waals surface area contributed by atoms with E-state index in [0.717, 1.165) is 177 Å². The monoisotopic (exact) mass is 1650 g/mol. The molecular formula is C116H64N14. The van der Waals surface area contributed by atoms with E-state index in [1.165, 1.54) is 21.8 Å². The Hall–Kier alpha value is -19.3. The van der Waals surface area contributed by atoms with Gasteiger partial charge >= 0.3 is 0 Å². The van der Waals surface area contributed by atoms with Gasteiger partial charge in [-0.05, 0) is 244 Å². The first kappa shape index (κ1) is 76.8. The first-order chi connectivity index (χ1) is 64.1. The maximum absolute atomic E-state index is 9.56. The summed E-state index contributed by atoms with van der Waals surface area (Å²) in [5.74, 6) is 0. The quantitative estimate of drug-likeness (QED) is 0.134. The molecule has 0 saturated heterocycles. The molecule has 0 spiro atoms. The molecule has 0 fully saturated rings. The van der Waals surface area contributed by atoms with Gasteiger partial charge < -0.3 is 27.4 Å². The number of nitriles is 3. The molecule has 0 aliphatic rings. The van der Waals surface area contributed by atoms with E-state index in [2.05, 4.69) is 270 Å². The van der Waals surface area contributed by atoms with Gasteiger partial charge in [-0.2, -0.15) is 15.8 Å². The van der Waals surface area contributed by atoms with Crippen molar-refractivity contribution >= 4 is 159 Å². The van der Waals surface area contributed by atoms with Crippen LogP contribution in [0, 0.1) is 66.9 Å². The fraction of sp³-hybridized carbons (Fsp3) is 0. The third kappa shape index (κ3) is 12.6. The number of rotatable bonds is 9. The second-order valence-corrected chi connectivity index (χ2v) is 31.8. The minimum atomic E-state index is 0.568. The van der Waals surface area contributed by atoms with Gasteiger partial charge in [-0.25, -0.2) is 24.2 Å². The van der Waals surface area contributed by atoms with E-state index in [1.807, 2.05) is 188 Å². The molecular weight excluding hydrogens is 1590 g/mol. The lowest BCUT2D eigenvalue weighted by Crippen LogP contribution is -1.95. The average molecular weight is 1650 g/mol. The summed E-state index contributed by atoms with van der Waals surface area (Å²) in [5.41, 5.74) is 29.6. The maximum atomic E-state index is 9.56. The topological polar surface area (TPSA) is 123 Å². The lowest BCUT2D eigenvalue weighted by Gasteiger charge is -2.12. The van der Waals surface area contributed by atoms with E-state index in [-0.39, 0.29) is 0 Å². The van der Waals surface area contributed by atoms with Crippen molar-refractivity contribution in [3.8, 4) is 85.7 Å². The van der Waals surface area contributed by atoms with E-state index < -0.39 is 0 Å². The van der Waals surface area contributed by atoms with Gasteiger partial charge in [0.05, 0.1) is 140 Å². The molecule has 0 bridgehead atoms. The Balaban J connectivity index is 0.000000114. The minimum Gasteiger partial charge on any atom is -0.319 e. The molecule has 0 aliphatic heterocycles. The summed E-state index contributed by atoms with van der Waals surface area (Å²) in [6.07, 6.45) is 0. The van der Waals surface area contributed by atoms with E-state index in [1.54, 1.807) is 0 Å². The number of para-hydroxylation sites is 6. The molecule has 14 nitrogen and oxygen atoms in total. The highest BCUT2D eigenvalue weighted by Gasteiger charge is 2.25. The van der Waals surface area contributed by atoms with Crippen molar-refractivity contribution in [3.05, 3.63) is 462 Å². The Kier molecular flexibility index (Phi) is 18.6. The Labute approximate surface area is 745 Å². The van der Waals surface area contributed by atoms with Gasteiger partial charge in [-0.1, -0.05) is 194 Å². The van der Waals surface area contributed by atoms with Crippen LogP contribution in [0.3, 0.4) is 0 Å². The predicted octanol–water partition coefficient (Wildman–Crippen LogP) is 31.0. The summed E-state index contributed by atoms with van der Waals surface area (Å²) in [7, 11) is 0. The summed E-state index contributed by atoms with van der Waals surface area (Å²) < 4.78 is 13.4. The van der Waals surface area contributed by atoms with Gasteiger partial charge in [0, 0.05) is 76.9 Å². The van der Waals surface area contributed by atoms with E-state index in [0.29, 0.717) is 45.1 Å². The van der Waals surface area contributed by atoms with Crippen LogP contribution >= 0.6 is 0 Å². The lowest BCUT2D eigenvalue weighted by molar-refractivity contribution is 1.18. The van der Waals surface area contributed by atoms with Crippen LogP contribution in [-0.4, -0.2) is 27.4 Å². The second kappa shape index (κ2) is 31.5. The molecule has 6 aromatic heterocycles. The molecule has 0 unspecified atom stereocenters. The van der Waals surface area contributed by atoms with Crippen molar-refractivity contribution in [2.75, 3.05) is 0 Å². The molecule has 6 heterocycles. The average Bonchev–Trinajstić information content (AvgIpc) is 1.57. The fourth-order valence-electron chi connectivity index (χ4n) is 19.3. The maximum Gasteiger partial charge on any atom is 0.210 e. The first-order valence-electron chi connectivity index (χ1n) is 42.1. The predicted molar refractivity (Wildman–Crippen MR) is 527 cm³/mol. The molecule has 0 saturated carbocycles. The van der Waals surface area contributed by atoms with Gasteiger partial charge in [-0.3, -0.25) is 0 Å². The molecule has 14 heteroatoms. The van der Waals surface area contributed by atoms with Crippen molar-refractivity contribution in [1.29, 1.82) is 15.8 Å². The largest absolute Gasteiger partial charge is 0.319 e. The smallest absolute Gasteiger partial charge is 0.210 e. The van der Waals surface area contributed by atoms with Crippen molar-refractivity contribution in [3.63, 3.8) is 0 Å². The molecule has 598 valence electrons. The highest BCUT2D eigenvalue weighted by Crippen LogP contribution is 2.48. The van der Waals surface area contributed by atoms with Crippen LogP contribution < -0.4 is 0 Å². The fourth-order valence-corrected chi connectivity index (χ4v) is 19.3. The van der Waals surface area contributed by atoms with Crippen LogP contribution in [0.4, 0.5) is 28.4 Å². The molecule has 0 aliphatic carbocycles. The molecule has 18 aromatic carbocycles. The summed E-state index contributed by atoms with van der Waals surface area (Å²) in [6.45, 7) is 38.5. The number of hydrogen-bond donors (Lipinski definition) is 0. The third-order valence-corrected chi connectivity index (χ3v) is 24.9. The van der Waals surface area contributed by atoms with Crippen LogP contribution in [0.2, 0.25) is 0 Å². The van der Waals surface area contributed by atoms with Gasteiger partial charge in [-0.15, -0.1) is 0 Å².